The zero-order valence-electron chi connectivity index (χ0n) is 11.4. The number of nitrogens with zero attached hydrogens (tertiary/aromatic N) is 3. The van der Waals surface area contributed by atoms with Crippen LogP contribution in [-0.2, 0) is 11.8 Å². The number of hydrogen-bond acceptors (Lipinski definition) is 3. The molecule has 1 unspecified atom stereocenters. The van der Waals surface area contributed by atoms with E-state index in [-0.39, 0.29) is 17.7 Å². The average Bonchev–Trinajstić information content (AvgIpc) is 2.67. The van der Waals surface area contributed by atoms with Gasteiger partial charge >= 0.3 is 0 Å². The molecule has 1 aromatic rings. The monoisotopic (exact) mass is 264 g/mol. The molecule has 19 heavy (non-hydrogen) atoms. The molecule has 0 aliphatic carbocycles. The normalized spacial score (nSPS) is 21.2. The van der Waals surface area contributed by atoms with Crippen LogP contribution < -0.4 is 5.73 Å². The third-order valence-corrected chi connectivity index (χ3v) is 3.58. The Labute approximate surface area is 112 Å². The summed E-state index contributed by atoms with van der Waals surface area (Å²) in [4.78, 5) is 27.6. The number of carbonyl (C=O) groups is 2. The highest BCUT2D eigenvalue weighted by atomic mass is 16.2. The van der Waals surface area contributed by atoms with Crippen molar-refractivity contribution in [3.63, 3.8) is 0 Å². The molecule has 0 saturated carbocycles. The summed E-state index contributed by atoms with van der Waals surface area (Å²) in [7, 11) is 3.77. The van der Waals surface area contributed by atoms with Crippen molar-refractivity contribution in [2.45, 2.75) is 0 Å². The van der Waals surface area contributed by atoms with E-state index in [1.165, 1.54) is 0 Å². The predicted octanol–water partition coefficient (Wildman–Crippen LogP) is -0.486. The van der Waals surface area contributed by atoms with E-state index in [9.17, 15) is 9.59 Å². The van der Waals surface area contributed by atoms with Gasteiger partial charge in [-0.3, -0.25) is 9.59 Å². The fraction of sp³-hybridized carbons (Fsp3) is 0.538. The molecular formula is C13H20N4O2. The first-order chi connectivity index (χ1) is 8.99. The lowest BCUT2D eigenvalue weighted by atomic mass is 10.1. The maximum Gasteiger partial charge on any atom is 0.270 e. The van der Waals surface area contributed by atoms with Crippen LogP contribution in [0.5, 0.6) is 0 Å². The Morgan fingerprint density at radius 2 is 2.00 bits per heavy atom. The van der Waals surface area contributed by atoms with Crippen LogP contribution in [0.4, 0.5) is 0 Å². The molecule has 1 atom stereocenters. The van der Waals surface area contributed by atoms with E-state index in [1.807, 2.05) is 31.3 Å². The Kier molecular flexibility index (Phi) is 3.90. The second-order valence-corrected chi connectivity index (χ2v) is 5.12. The molecule has 0 spiro atoms. The average molecular weight is 264 g/mol. The molecule has 1 fully saturated rings. The molecule has 2 rings (SSSR count). The molecule has 2 amide bonds. The molecule has 1 saturated heterocycles. The van der Waals surface area contributed by atoms with Crippen molar-refractivity contribution in [1.82, 2.24) is 14.4 Å². The molecule has 0 bridgehead atoms. The fourth-order valence-corrected chi connectivity index (χ4v) is 2.38. The van der Waals surface area contributed by atoms with E-state index in [0.717, 1.165) is 6.54 Å². The lowest BCUT2D eigenvalue weighted by Gasteiger charge is -2.22. The summed E-state index contributed by atoms with van der Waals surface area (Å²) in [5.41, 5.74) is 6.03. The number of carbonyl (C=O) groups excluding carboxylic acids is 2. The second kappa shape index (κ2) is 5.44. The maximum atomic E-state index is 12.4. The molecule has 6 nitrogen and oxygen atoms in total. The van der Waals surface area contributed by atoms with Gasteiger partial charge in [0.1, 0.15) is 5.69 Å². The largest absolute Gasteiger partial charge is 0.369 e. The van der Waals surface area contributed by atoms with Crippen molar-refractivity contribution in [2.75, 3.05) is 33.2 Å². The van der Waals surface area contributed by atoms with Gasteiger partial charge in [-0.1, -0.05) is 0 Å². The smallest absolute Gasteiger partial charge is 0.270 e. The van der Waals surface area contributed by atoms with E-state index < -0.39 is 0 Å². The molecule has 0 radical (unpaired) electrons. The van der Waals surface area contributed by atoms with E-state index in [1.54, 1.807) is 15.5 Å². The van der Waals surface area contributed by atoms with Crippen LogP contribution >= 0.6 is 0 Å². The van der Waals surface area contributed by atoms with Crippen LogP contribution in [0.25, 0.3) is 0 Å². The highest BCUT2D eigenvalue weighted by Crippen LogP contribution is 2.12. The summed E-state index contributed by atoms with van der Waals surface area (Å²) >= 11 is 0. The molecule has 2 N–H and O–H groups in total. The minimum absolute atomic E-state index is 0.0472. The van der Waals surface area contributed by atoms with Gasteiger partial charge in [-0.2, -0.15) is 0 Å². The topological polar surface area (TPSA) is 71.6 Å². The first kappa shape index (κ1) is 13.6. The lowest BCUT2D eigenvalue weighted by Crippen LogP contribution is -2.40. The maximum absolute atomic E-state index is 12.4. The number of aryl methyl sites for hydroxylation is 1. The summed E-state index contributed by atoms with van der Waals surface area (Å²) in [5, 5.41) is 0. The minimum atomic E-state index is -0.349. The quantitative estimate of drug-likeness (QED) is 0.784. The van der Waals surface area contributed by atoms with Crippen LogP contribution in [0.2, 0.25) is 0 Å². The third kappa shape index (κ3) is 2.96. The third-order valence-electron chi connectivity index (χ3n) is 3.58. The number of rotatable bonds is 2. The summed E-state index contributed by atoms with van der Waals surface area (Å²) in [5.74, 6) is -0.704. The van der Waals surface area contributed by atoms with E-state index in [2.05, 4.69) is 0 Å². The van der Waals surface area contributed by atoms with Crippen molar-refractivity contribution in [3.8, 4) is 0 Å². The van der Waals surface area contributed by atoms with Crippen LogP contribution in [0.1, 0.15) is 10.5 Å². The van der Waals surface area contributed by atoms with E-state index in [0.29, 0.717) is 25.3 Å². The van der Waals surface area contributed by atoms with Gasteiger partial charge in [0.15, 0.2) is 0 Å². The van der Waals surface area contributed by atoms with Gasteiger partial charge < -0.3 is 20.1 Å². The molecule has 6 heteroatoms. The Hall–Kier alpha value is -1.82. The Morgan fingerprint density at radius 3 is 2.58 bits per heavy atom. The van der Waals surface area contributed by atoms with Gasteiger partial charge in [0.25, 0.3) is 5.91 Å². The number of amides is 2. The summed E-state index contributed by atoms with van der Waals surface area (Å²) in [6.45, 7) is 2.36. The Balaban J connectivity index is 2.17. The van der Waals surface area contributed by atoms with Gasteiger partial charge in [-0.15, -0.1) is 0 Å². The summed E-state index contributed by atoms with van der Waals surface area (Å²) in [6, 6.07) is 3.62. The fourth-order valence-electron chi connectivity index (χ4n) is 2.38. The predicted molar refractivity (Wildman–Crippen MR) is 71.5 cm³/mol. The highest BCUT2D eigenvalue weighted by Gasteiger charge is 2.28. The summed E-state index contributed by atoms with van der Waals surface area (Å²) in [6.07, 6.45) is 1.84. The van der Waals surface area contributed by atoms with Gasteiger partial charge in [0.2, 0.25) is 5.91 Å². The van der Waals surface area contributed by atoms with Crippen molar-refractivity contribution in [3.05, 3.63) is 24.0 Å². The molecule has 1 aromatic heterocycles. The number of aromatic nitrogens is 1. The lowest BCUT2D eigenvalue weighted by molar-refractivity contribution is -0.122. The first-order valence-electron chi connectivity index (χ1n) is 6.37. The van der Waals surface area contributed by atoms with Crippen molar-refractivity contribution < 1.29 is 9.59 Å². The number of likely N-dealkylation sites (N-methyl/N-ethyl adjacent to an activating group) is 1. The van der Waals surface area contributed by atoms with Crippen LogP contribution in [0.15, 0.2) is 18.3 Å². The molecule has 2 heterocycles. The van der Waals surface area contributed by atoms with Gasteiger partial charge in [-0.25, -0.2) is 0 Å². The molecule has 1 aliphatic heterocycles. The van der Waals surface area contributed by atoms with Crippen LogP contribution in [0.3, 0.4) is 0 Å². The van der Waals surface area contributed by atoms with Gasteiger partial charge in [0, 0.05) is 39.4 Å². The zero-order chi connectivity index (χ0) is 14.0. The summed E-state index contributed by atoms with van der Waals surface area (Å²) < 4.78 is 1.79. The van der Waals surface area contributed by atoms with Gasteiger partial charge in [0.05, 0.1) is 5.92 Å². The Morgan fingerprint density at radius 1 is 1.26 bits per heavy atom. The zero-order valence-corrected chi connectivity index (χ0v) is 11.4. The SMILES string of the molecule is CN1CCN(C(=O)c2cccn2C)CC(C(N)=O)C1. The Bertz CT molecular complexity index is 483. The molecular weight excluding hydrogens is 244 g/mol. The van der Waals surface area contributed by atoms with Crippen LogP contribution in [0, 0.1) is 5.92 Å². The first-order valence-corrected chi connectivity index (χ1v) is 6.37. The molecule has 104 valence electrons. The highest BCUT2D eigenvalue weighted by molar-refractivity contribution is 5.93. The van der Waals surface area contributed by atoms with E-state index in [4.69, 9.17) is 5.73 Å². The molecule has 1 aliphatic rings. The minimum Gasteiger partial charge on any atom is -0.369 e. The number of primary amides is 1. The van der Waals surface area contributed by atoms with Crippen LogP contribution in [-0.4, -0.2) is 59.4 Å². The standard InChI is InChI=1S/C13H20N4O2/c1-15-6-7-17(9-10(8-15)12(14)18)13(19)11-4-3-5-16(11)2/h3-5,10H,6-9H2,1-2H3,(H2,14,18). The number of nitrogens with two attached hydrogens (primary N) is 1. The van der Waals surface area contributed by atoms with Gasteiger partial charge in [-0.05, 0) is 19.2 Å². The van der Waals surface area contributed by atoms with Crippen molar-refractivity contribution in [2.24, 2.45) is 18.7 Å². The van der Waals surface area contributed by atoms with E-state index >= 15 is 0 Å². The second-order valence-electron chi connectivity index (χ2n) is 5.12. The number of hydrogen-bond donors (Lipinski definition) is 1. The van der Waals surface area contributed by atoms with Crippen molar-refractivity contribution in [1.29, 1.82) is 0 Å². The van der Waals surface area contributed by atoms with Crippen molar-refractivity contribution >= 4 is 11.8 Å². The molecule has 0 aromatic carbocycles.